The van der Waals surface area contributed by atoms with E-state index in [1.807, 2.05) is 0 Å². The summed E-state index contributed by atoms with van der Waals surface area (Å²) in [6, 6.07) is 7.02. The lowest BCUT2D eigenvalue weighted by atomic mass is 10.1. The summed E-state index contributed by atoms with van der Waals surface area (Å²) in [7, 11) is 0. The van der Waals surface area contributed by atoms with Crippen LogP contribution in [0, 0.1) is 0 Å². The van der Waals surface area contributed by atoms with Crippen LogP contribution in [0.1, 0.15) is 36.9 Å². The second kappa shape index (κ2) is 3.46. The second-order valence-electron chi connectivity index (χ2n) is 4.48. The zero-order valence-electron chi connectivity index (χ0n) is 9.57. The monoisotopic (exact) mass is 218 g/mol. The maximum atomic E-state index is 11.2. The molecular weight excluding hydrogens is 204 g/mol. The summed E-state index contributed by atoms with van der Waals surface area (Å²) in [4.78, 5) is 11.2. The van der Waals surface area contributed by atoms with Crippen LogP contribution in [-0.4, -0.2) is 10.9 Å². The van der Waals surface area contributed by atoms with Gasteiger partial charge in [-0.05, 0) is 45.0 Å². The Hall–Kier alpha value is -1.61. The van der Waals surface area contributed by atoms with Gasteiger partial charge in [0, 0.05) is 10.9 Å². The van der Waals surface area contributed by atoms with E-state index in [-0.39, 0.29) is 5.78 Å². The fourth-order valence-electron chi connectivity index (χ4n) is 1.56. The topological polar surface area (TPSA) is 50.4 Å². The van der Waals surface area contributed by atoms with Gasteiger partial charge in [0.2, 0.25) is 0 Å². The normalized spacial score (nSPS) is 12.0. The van der Waals surface area contributed by atoms with Gasteiger partial charge in [-0.15, -0.1) is 0 Å². The summed E-state index contributed by atoms with van der Waals surface area (Å²) >= 11 is 0. The van der Waals surface area contributed by atoms with Crippen molar-refractivity contribution in [2.24, 2.45) is 0 Å². The van der Waals surface area contributed by atoms with Crippen molar-refractivity contribution in [2.75, 3.05) is 0 Å². The molecular formula is C13H14O3. The highest BCUT2D eigenvalue weighted by atomic mass is 16.4. The average Bonchev–Trinajstić information content (AvgIpc) is 2.58. The quantitative estimate of drug-likeness (QED) is 0.788. The molecule has 0 radical (unpaired) electrons. The number of aliphatic hydroxyl groups is 1. The van der Waals surface area contributed by atoms with Crippen LogP contribution in [0.2, 0.25) is 0 Å². The molecule has 0 bridgehead atoms. The van der Waals surface area contributed by atoms with Crippen molar-refractivity contribution in [1.82, 2.24) is 0 Å². The first-order valence-electron chi connectivity index (χ1n) is 5.15. The molecule has 1 aromatic carbocycles. The van der Waals surface area contributed by atoms with E-state index >= 15 is 0 Å². The maximum Gasteiger partial charge on any atom is 0.159 e. The summed E-state index contributed by atoms with van der Waals surface area (Å²) < 4.78 is 5.51. The third kappa shape index (κ3) is 1.86. The molecule has 0 aliphatic heterocycles. The summed E-state index contributed by atoms with van der Waals surface area (Å²) in [6.07, 6.45) is 0. The molecule has 1 heterocycles. The third-order valence-corrected chi connectivity index (χ3v) is 2.53. The van der Waals surface area contributed by atoms with Crippen LogP contribution >= 0.6 is 0 Å². The average molecular weight is 218 g/mol. The molecule has 0 amide bonds. The van der Waals surface area contributed by atoms with E-state index in [1.54, 1.807) is 38.1 Å². The Bertz CT molecular complexity index is 544. The van der Waals surface area contributed by atoms with Crippen LogP contribution in [0.15, 0.2) is 28.7 Å². The summed E-state index contributed by atoms with van der Waals surface area (Å²) in [6.45, 7) is 4.85. The van der Waals surface area contributed by atoms with E-state index < -0.39 is 5.60 Å². The van der Waals surface area contributed by atoms with Gasteiger partial charge in [-0.2, -0.15) is 0 Å². The standard InChI is InChI=1S/C13H14O3/c1-8(14)9-4-5-11-10(6-9)7-12(16-11)13(2,3)15/h4-7,15H,1-3H3. The Morgan fingerprint density at radius 3 is 2.56 bits per heavy atom. The first kappa shape index (κ1) is 10.9. The van der Waals surface area contributed by atoms with Crippen LogP contribution in [0.25, 0.3) is 11.0 Å². The predicted molar refractivity (Wildman–Crippen MR) is 61.5 cm³/mol. The number of rotatable bonds is 2. The van der Waals surface area contributed by atoms with Gasteiger partial charge in [0.15, 0.2) is 5.78 Å². The number of fused-ring (bicyclic) bond motifs is 1. The number of ketones is 1. The van der Waals surface area contributed by atoms with E-state index in [0.717, 1.165) is 5.39 Å². The largest absolute Gasteiger partial charge is 0.458 e. The molecule has 84 valence electrons. The van der Waals surface area contributed by atoms with Gasteiger partial charge in [0.05, 0.1) is 0 Å². The Labute approximate surface area is 93.7 Å². The van der Waals surface area contributed by atoms with E-state index in [2.05, 4.69) is 0 Å². The summed E-state index contributed by atoms with van der Waals surface area (Å²) in [5.41, 5.74) is 0.327. The molecule has 1 aromatic heterocycles. The maximum absolute atomic E-state index is 11.2. The smallest absolute Gasteiger partial charge is 0.159 e. The highest BCUT2D eigenvalue weighted by molar-refractivity contribution is 5.97. The van der Waals surface area contributed by atoms with Gasteiger partial charge >= 0.3 is 0 Å². The number of furan rings is 1. The number of benzene rings is 1. The van der Waals surface area contributed by atoms with Crippen molar-refractivity contribution in [1.29, 1.82) is 0 Å². The molecule has 3 heteroatoms. The zero-order chi connectivity index (χ0) is 11.9. The van der Waals surface area contributed by atoms with Crippen LogP contribution in [0.4, 0.5) is 0 Å². The summed E-state index contributed by atoms with van der Waals surface area (Å²) in [5, 5.41) is 10.6. The van der Waals surface area contributed by atoms with Gasteiger partial charge in [0.1, 0.15) is 16.9 Å². The highest BCUT2D eigenvalue weighted by Gasteiger charge is 2.21. The number of hydrogen-bond donors (Lipinski definition) is 1. The predicted octanol–water partition coefficient (Wildman–Crippen LogP) is 2.86. The molecule has 16 heavy (non-hydrogen) atoms. The van der Waals surface area contributed by atoms with Gasteiger partial charge in [0.25, 0.3) is 0 Å². The molecule has 0 saturated carbocycles. The van der Waals surface area contributed by atoms with Crippen molar-refractivity contribution < 1.29 is 14.3 Å². The van der Waals surface area contributed by atoms with Gasteiger partial charge in [-0.1, -0.05) is 0 Å². The lowest BCUT2D eigenvalue weighted by molar-refractivity contribution is 0.0559. The van der Waals surface area contributed by atoms with Gasteiger partial charge in [-0.3, -0.25) is 4.79 Å². The molecule has 1 N–H and O–H groups in total. The van der Waals surface area contributed by atoms with Crippen LogP contribution < -0.4 is 0 Å². The van der Waals surface area contributed by atoms with Crippen LogP contribution in [-0.2, 0) is 5.60 Å². The minimum atomic E-state index is -1.00. The molecule has 0 atom stereocenters. The molecule has 0 aliphatic carbocycles. The van der Waals surface area contributed by atoms with Gasteiger partial charge in [-0.25, -0.2) is 0 Å². The first-order valence-corrected chi connectivity index (χ1v) is 5.15. The highest BCUT2D eigenvalue weighted by Crippen LogP contribution is 2.28. The molecule has 2 aromatic rings. The van der Waals surface area contributed by atoms with Crippen LogP contribution in [0.3, 0.4) is 0 Å². The summed E-state index contributed by atoms with van der Waals surface area (Å²) in [5.74, 6) is 0.524. The van der Waals surface area contributed by atoms with Crippen molar-refractivity contribution >= 4 is 16.8 Å². The van der Waals surface area contributed by atoms with Crippen molar-refractivity contribution in [3.8, 4) is 0 Å². The molecule has 0 fully saturated rings. The molecule has 3 nitrogen and oxygen atoms in total. The third-order valence-electron chi connectivity index (χ3n) is 2.53. The number of hydrogen-bond acceptors (Lipinski definition) is 3. The number of Topliss-reactive ketones (excluding diaryl/α,β-unsaturated/α-hetero) is 1. The Balaban J connectivity index is 2.59. The minimum absolute atomic E-state index is 0.0212. The van der Waals surface area contributed by atoms with E-state index in [0.29, 0.717) is 16.9 Å². The van der Waals surface area contributed by atoms with Crippen molar-refractivity contribution in [2.45, 2.75) is 26.4 Å². The SMILES string of the molecule is CC(=O)c1ccc2oc(C(C)(C)O)cc2c1. The zero-order valence-corrected chi connectivity index (χ0v) is 9.57. The van der Waals surface area contributed by atoms with E-state index in [4.69, 9.17) is 4.42 Å². The Kier molecular flexibility index (Phi) is 2.35. The molecule has 0 spiro atoms. The molecule has 0 aliphatic rings. The molecule has 2 rings (SSSR count). The minimum Gasteiger partial charge on any atom is -0.458 e. The Morgan fingerprint density at radius 2 is 2.00 bits per heavy atom. The second-order valence-corrected chi connectivity index (χ2v) is 4.48. The van der Waals surface area contributed by atoms with Crippen LogP contribution in [0.5, 0.6) is 0 Å². The van der Waals surface area contributed by atoms with Gasteiger partial charge < -0.3 is 9.52 Å². The van der Waals surface area contributed by atoms with Crippen molar-refractivity contribution in [3.63, 3.8) is 0 Å². The lowest BCUT2D eigenvalue weighted by Crippen LogP contribution is -2.13. The Morgan fingerprint density at radius 1 is 1.31 bits per heavy atom. The molecule has 0 unspecified atom stereocenters. The van der Waals surface area contributed by atoms with E-state index in [1.165, 1.54) is 6.92 Å². The van der Waals surface area contributed by atoms with Crippen molar-refractivity contribution in [3.05, 3.63) is 35.6 Å². The lowest BCUT2D eigenvalue weighted by Gasteiger charge is -2.12. The fraction of sp³-hybridized carbons (Fsp3) is 0.308. The molecule has 0 saturated heterocycles. The number of carbonyl (C=O) groups is 1. The first-order chi connectivity index (χ1) is 7.38. The van der Waals surface area contributed by atoms with E-state index in [9.17, 15) is 9.90 Å². The fourth-order valence-corrected chi connectivity index (χ4v) is 1.56. The number of carbonyl (C=O) groups excluding carboxylic acids is 1.